The van der Waals surface area contributed by atoms with Crippen molar-refractivity contribution >= 4 is 5.97 Å². The van der Waals surface area contributed by atoms with Gasteiger partial charge in [0.05, 0.1) is 5.97 Å². The second kappa shape index (κ2) is 5.99. The largest absolute Gasteiger partial charge is 1.00 e. The summed E-state index contributed by atoms with van der Waals surface area (Å²) in [5, 5.41) is 18.7. The topological polar surface area (TPSA) is 92.5 Å². The van der Waals surface area contributed by atoms with Crippen molar-refractivity contribution in [3.05, 3.63) is 10.1 Å². The molecule has 0 bridgehead atoms. The summed E-state index contributed by atoms with van der Waals surface area (Å²) in [5.41, 5.74) is 0. The molecule has 12 heavy (non-hydrogen) atoms. The molecule has 0 amide bonds. The van der Waals surface area contributed by atoms with E-state index in [1.807, 2.05) is 0 Å². The molecule has 0 saturated carbocycles. The van der Waals surface area contributed by atoms with Crippen molar-refractivity contribution in [2.45, 2.75) is 20.0 Å². The number of rotatable bonds is 4. The Kier molecular flexibility index (Phi) is 6.97. The summed E-state index contributed by atoms with van der Waals surface area (Å²) in [6.45, 7) is 2.98. The second-order valence-electron chi connectivity index (χ2n) is 2.31. The first kappa shape index (κ1) is 14.0. The van der Waals surface area contributed by atoms with Crippen molar-refractivity contribution in [2.24, 2.45) is 5.92 Å². The van der Waals surface area contributed by atoms with Crippen molar-refractivity contribution < 1.29 is 42.2 Å². The summed E-state index contributed by atoms with van der Waals surface area (Å²) in [6.07, 6.45) is -1.48. The summed E-state index contributed by atoms with van der Waals surface area (Å²) in [4.78, 5) is 23.7. The molecule has 0 aliphatic carbocycles. The molecule has 0 aromatic carbocycles. The van der Waals surface area contributed by atoms with Crippen molar-refractivity contribution in [1.82, 2.24) is 0 Å². The van der Waals surface area contributed by atoms with Crippen LogP contribution < -0.4 is 5.11 Å². The molecule has 6 nitrogen and oxygen atoms in total. The molecule has 0 heterocycles. The maximum Gasteiger partial charge on any atom is 1.00 e. The van der Waals surface area contributed by atoms with Gasteiger partial charge in [0.2, 0.25) is 0 Å². The van der Waals surface area contributed by atoms with Crippen LogP contribution >= 0.6 is 0 Å². The maximum absolute atomic E-state index is 10.1. The van der Waals surface area contributed by atoms with Gasteiger partial charge in [0, 0.05) is 0 Å². The molecule has 7 heteroatoms. The van der Waals surface area contributed by atoms with Crippen LogP contribution in [0, 0.1) is 16.0 Å². The van der Waals surface area contributed by atoms with Gasteiger partial charge >= 0.3 is 22.4 Å². The van der Waals surface area contributed by atoms with Crippen molar-refractivity contribution in [3.8, 4) is 0 Å². The van der Waals surface area contributed by atoms with Crippen LogP contribution in [0.25, 0.3) is 0 Å². The Balaban J connectivity index is 0. The van der Waals surface area contributed by atoms with Gasteiger partial charge in [-0.3, -0.25) is 0 Å². The minimum atomic E-state index is -1.57. The van der Waals surface area contributed by atoms with Crippen LogP contribution in [0.15, 0.2) is 0 Å². The van der Waals surface area contributed by atoms with Crippen molar-refractivity contribution in [2.75, 3.05) is 0 Å². The van der Waals surface area contributed by atoms with Crippen molar-refractivity contribution in [1.29, 1.82) is 0 Å². The molecule has 0 rings (SSSR count). The minimum absolute atomic E-state index is 0. The molecule has 0 N–H and O–H groups in total. The Labute approximate surface area is 84.5 Å². The third-order valence-electron chi connectivity index (χ3n) is 1.04. The monoisotopic (exact) mass is 269 g/mol. The SMILES string of the molecule is CC(C)[C@H](O[N+](=O)[O-])C(=O)[O-].[Ag+]. The zero-order valence-electron chi connectivity index (χ0n) is 6.44. The van der Waals surface area contributed by atoms with E-state index in [2.05, 4.69) is 4.84 Å². The normalized spacial score (nSPS) is 11.6. The molecule has 0 aliphatic rings. The Morgan fingerprint density at radius 1 is 1.50 bits per heavy atom. The number of carboxylic acids is 1. The Hall–Kier alpha value is -0.590. The first-order chi connectivity index (χ1) is 4.95. The van der Waals surface area contributed by atoms with Gasteiger partial charge in [-0.25, -0.2) is 0 Å². The molecule has 74 valence electrons. The van der Waals surface area contributed by atoms with E-state index in [-0.39, 0.29) is 22.4 Å². The average Bonchev–Trinajstić information content (AvgIpc) is 1.81. The quantitative estimate of drug-likeness (QED) is 0.370. The predicted octanol–water partition coefficient (Wildman–Crippen LogP) is -1.03. The van der Waals surface area contributed by atoms with E-state index in [0.717, 1.165) is 0 Å². The van der Waals surface area contributed by atoms with Crippen LogP contribution in [0.1, 0.15) is 13.8 Å². The summed E-state index contributed by atoms with van der Waals surface area (Å²) in [5.74, 6) is -2.05. The predicted molar refractivity (Wildman–Crippen MR) is 31.7 cm³/mol. The second-order valence-corrected chi connectivity index (χ2v) is 2.31. The first-order valence-electron chi connectivity index (χ1n) is 2.97. The third kappa shape index (κ3) is 5.11. The van der Waals surface area contributed by atoms with E-state index < -0.39 is 23.1 Å². The molecule has 0 aromatic rings. The number of carbonyl (C=O) groups excluding carboxylic acids is 1. The third-order valence-corrected chi connectivity index (χ3v) is 1.04. The van der Waals surface area contributed by atoms with E-state index in [9.17, 15) is 20.0 Å². The van der Waals surface area contributed by atoms with Gasteiger partial charge in [-0.05, 0) is 5.92 Å². The van der Waals surface area contributed by atoms with E-state index in [1.165, 1.54) is 13.8 Å². The number of hydrogen-bond acceptors (Lipinski definition) is 5. The summed E-state index contributed by atoms with van der Waals surface area (Å²) < 4.78 is 0. The summed E-state index contributed by atoms with van der Waals surface area (Å²) >= 11 is 0. The van der Waals surface area contributed by atoms with Gasteiger partial charge in [-0.15, -0.1) is 10.1 Å². The Morgan fingerprint density at radius 2 is 1.92 bits per heavy atom. The van der Waals surface area contributed by atoms with Crippen LogP contribution in [0.3, 0.4) is 0 Å². The maximum atomic E-state index is 10.1. The van der Waals surface area contributed by atoms with Crippen LogP contribution in [0.2, 0.25) is 0 Å². The number of nitrogens with zero attached hydrogens (tertiary/aromatic N) is 1. The van der Waals surface area contributed by atoms with Gasteiger partial charge in [-0.1, -0.05) is 13.8 Å². The standard InChI is InChI=1S/C5H9NO5.Ag/c1-3(2)4(5(7)8)11-6(9)10;/h3-4H,1-2H3,(H,7,8);/q;+1/p-1/t4-;/m0./s1. The molecule has 0 spiro atoms. The zero-order chi connectivity index (χ0) is 9.02. The Bertz CT molecular complexity index is 171. The smallest absolute Gasteiger partial charge is 0.548 e. The molecule has 0 aliphatic heterocycles. The van der Waals surface area contributed by atoms with E-state index >= 15 is 0 Å². The number of hydrogen-bond donors (Lipinski definition) is 0. The van der Waals surface area contributed by atoms with Crippen LogP contribution in [-0.4, -0.2) is 17.2 Å². The molecule has 0 unspecified atom stereocenters. The minimum Gasteiger partial charge on any atom is -0.548 e. The Morgan fingerprint density at radius 3 is 2.00 bits per heavy atom. The van der Waals surface area contributed by atoms with Gasteiger partial charge in [0.1, 0.15) is 6.10 Å². The van der Waals surface area contributed by atoms with Gasteiger partial charge < -0.3 is 14.7 Å². The van der Waals surface area contributed by atoms with Crippen LogP contribution in [0.4, 0.5) is 0 Å². The molecule has 1 atom stereocenters. The number of aliphatic carboxylic acids is 1. The number of carbonyl (C=O) groups is 1. The molecule has 0 saturated heterocycles. The fourth-order valence-electron chi connectivity index (χ4n) is 0.530. The molecule has 0 radical (unpaired) electrons. The van der Waals surface area contributed by atoms with E-state index in [4.69, 9.17) is 0 Å². The summed E-state index contributed by atoms with van der Waals surface area (Å²) in [6, 6.07) is 0. The van der Waals surface area contributed by atoms with Crippen LogP contribution in [-0.2, 0) is 32.0 Å². The zero-order valence-corrected chi connectivity index (χ0v) is 7.93. The average molecular weight is 270 g/mol. The first-order valence-corrected chi connectivity index (χ1v) is 2.97. The molecular weight excluding hydrogens is 262 g/mol. The fourth-order valence-corrected chi connectivity index (χ4v) is 0.530. The van der Waals surface area contributed by atoms with Crippen molar-refractivity contribution in [3.63, 3.8) is 0 Å². The summed E-state index contributed by atoms with van der Waals surface area (Å²) in [7, 11) is 0. The van der Waals surface area contributed by atoms with Gasteiger partial charge in [-0.2, -0.15) is 0 Å². The van der Waals surface area contributed by atoms with Crippen LogP contribution in [0.5, 0.6) is 0 Å². The molecule has 0 fully saturated rings. The van der Waals surface area contributed by atoms with E-state index in [0.29, 0.717) is 0 Å². The molecule has 0 aromatic heterocycles. The van der Waals surface area contributed by atoms with E-state index in [1.54, 1.807) is 0 Å². The number of carboxylic acid groups (broad SMARTS) is 1. The molecular formula is C5H8AgNO5. The fraction of sp³-hybridized carbons (Fsp3) is 0.800. The van der Waals surface area contributed by atoms with Gasteiger partial charge in [0.15, 0.2) is 0 Å². The van der Waals surface area contributed by atoms with Gasteiger partial charge in [0.25, 0.3) is 5.09 Å².